The van der Waals surface area contributed by atoms with E-state index in [0.717, 1.165) is 57.3 Å². The van der Waals surface area contributed by atoms with Crippen LogP contribution >= 0.6 is 0 Å². The summed E-state index contributed by atoms with van der Waals surface area (Å²) in [5.41, 5.74) is 19.7. The molecular weight excluding hydrogens is 797 g/mol. The molecule has 2 aliphatic carbocycles. The van der Waals surface area contributed by atoms with Crippen molar-refractivity contribution in [3.63, 3.8) is 0 Å². The van der Waals surface area contributed by atoms with E-state index < -0.39 is 0 Å². The molecular formula is C57H42N8. The predicted molar refractivity (Wildman–Crippen MR) is 265 cm³/mol. The lowest BCUT2D eigenvalue weighted by atomic mass is 9.96. The molecule has 4 heterocycles. The second-order valence-electron chi connectivity index (χ2n) is 17.7. The van der Waals surface area contributed by atoms with E-state index in [-0.39, 0.29) is 11.8 Å². The average molecular weight is 839 g/mol. The van der Waals surface area contributed by atoms with Crippen molar-refractivity contribution in [3.05, 3.63) is 193 Å². The van der Waals surface area contributed by atoms with Crippen LogP contribution in [-0.2, 0) is 0 Å². The summed E-state index contributed by atoms with van der Waals surface area (Å²) in [6.07, 6.45) is 3.19. The van der Waals surface area contributed by atoms with E-state index in [4.69, 9.17) is 9.97 Å². The minimum absolute atomic E-state index is 0.270. The highest BCUT2D eigenvalue weighted by Gasteiger charge is 2.31. The third-order valence-corrected chi connectivity index (χ3v) is 14.4. The molecule has 8 nitrogen and oxygen atoms in total. The Morgan fingerprint density at radius 2 is 0.800 bits per heavy atom. The summed E-state index contributed by atoms with van der Waals surface area (Å²) in [7, 11) is 4.10. The SMILES string of the molecule is CNCC1c2ccccc2-c2ccc(-n3c4ccccc4c4cc5c6cc7c8ccccc8n(-c8ccc9c(c8)C(CNC)c8ccccc8-9)c7cc6n(-c6ncncn6)c5cc43)cc21. The topological polar surface area (TPSA) is 77.5 Å². The van der Waals surface area contributed by atoms with Crippen LogP contribution in [0.1, 0.15) is 34.1 Å². The number of nitrogens with zero attached hydrogens (tertiary/aromatic N) is 6. The quantitative estimate of drug-likeness (QED) is 0.167. The lowest BCUT2D eigenvalue weighted by Gasteiger charge is -2.15. The van der Waals surface area contributed by atoms with Crippen molar-refractivity contribution >= 4 is 65.4 Å². The van der Waals surface area contributed by atoms with E-state index in [2.05, 4.69) is 187 Å². The van der Waals surface area contributed by atoms with Gasteiger partial charge in [-0.3, -0.25) is 4.57 Å². The summed E-state index contributed by atoms with van der Waals surface area (Å²) in [6.45, 7) is 1.74. The highest BCUT2D eigenvalue weighted by atomic mass is 15.2. The van der Waals surface area contributed by atoms with Gasteiger partial charge in [0.15, 0.2) is 0 Å². The molecule has 0 aliphatic heterocycles. The molecule has 0 fully saturated rings. The summed E-state index contributed by atoms with van der Waals surface area (Å²) in [4.78, 5) is 13.9. The Kier molecular flexibility index (Phi) is 7.76. The van der Waals surface area contributed by atoms with Crippen LogP contribution in [0.3, 0.4) is 0 Å². The van der Waals surface area contributed by atoms with Crippen molar-refractivity contribution < 1.29 is 0 Å². The first-order chi connectivity index (χ1) is 32.2. The number of benzene rings is 8. The van der Waals surface area contributed by atoms with E-state index in [1.54, 1.807) is 12.7 Å². The van der Waals surface area contributed by atoms with Gasteiger partial charge >= 0.3 is 0 Å². The van der Waals surface area contributed by atoms with Gasteiger partial charge in [0.25, 0.3) is 0 Å². The van der Waals surface area contributed by atoms with Gasteiger partial charge in [-0.25, -0.2) is 15.0 Å². The minimum atomic E-state index is 0.270. The summed E-state index contributed by atoms with van der Waals surface area (Å²) in [5.74, 6) is 1.12. The zero-order valence-electron chi connectivity index (χ0n) is 35.9. The Balaban J connectivity index is 1.04. The summed E-state index contributed by atoms with van der Waals surface area (Å²) in [5, 5.41) is 14.1. The average Bonchev–Trinajstić information content (AvgIpc) is 4.12. The fourth-order valence-electron chi connectivity index (χ4n) is 11.8. The molecule has 14 rings (SSSR count). The number of aromatic nitrogens is 6. The molecule has 0 saturated carbocycles. The van der Waals surface area contributed by atoms with E-state index in [9.17, 15) is 0 Å². The van der Waals surface area contributed by atoms with Gasteiger partial charge in [0.2, 0.25) is 5.95 Å². The Labute approximate surface area is 374 Å². The Bertz CT molecular complexity index is 3710. The maximum absolute atomic E-state index is 4.81. The Hall–Kier alpha value is -7.91. The van der Waals surface area contributed by atoms with Crippen LogP contribution in [0.25, 0.3) is 105 Å². The van der Waals surface area contributed by atoms with Gasteiger partial charge in [0, 0.05) is 68.6 Å². The Morgan fingerprint density at radius 1 is 0.385 bits per heavy atom. The van der Waals surface area contributed by atoms with E-state index in [1.807, 2.05) is 14.1 Å². The third-order valence-electron chi connectivity index (χ3n) is 14.4. The molecule has 0 amide bonds. The predicted octanol–water partition coefficient (Wildman–Crippen LogP) is 11.8. The van der Waals surface area contributed by atoms with Crippen LogP contribution in [0.2, 0.25) is 0 Å². The van der Waals surface area contributed by atoms with Crippen LogP contribution in [0, 0.1) is 0 Å². The number of fused-ring (bicyclic) bond motifs is 15. The van der Waals surface area contributed by atoms with Gasteiger partial charge in [-0.1, -0.05) is 97.1 Å². The van der Waals surface area contributed by atoms with Gasteiger partial charge < -0.3 is 19.8 Å². The summed E-state index contributed by atoms with van der Waals surface area (Å²) >= 11 is 0. The zero-order chi connectivity index (χ0) is 42.9. The van der Waals surface area contributed by atoms with E-state index >= 15 is 0 Å². The van der Waals surface area contributed by atoms with Gasteiger partial charge in [0.05, 0.1) is 33.1 Å². The molecule has 0 saturated heterocycles. The lowest BCUT2D eigenvalue weighted by Crippen LogP contribution is -2.16. The number of hydrogen-bond donors (Lipinski definition) is 2. The second-order valence-corrected chi connectivity index (χ2v) is 17.7. The highest BCUT2D eigenvalue weighted by molar-refractivity contribution is 6.23. The fraction of sp³-hybridized carbons (Fsp3) is 0.105. The zero-order valence-corrected chi connectivity index (χ0v) is 35.9. The summed E-state index contributed by atoms with van der Waals surface area (Å²) < 4.78 is 7.13. The van der Waals surface area contributed by atoms with Crippen LogP contribution < -0.4 is 10.6 Å². The van der Waals surface area contributed by atoms with Gasteiger partial charge in [-0.15, -0.1) is 0 Å². The van der Waals surface area contributed by atoms with E-state index in [1.165, 1.54) is 77.1 Å². The number of hydrogen-bond acceptors (Lipinski definition) is 5. The molecule has 12 aromatic rings. The molecule has 0 bridgehead atoms. The molecule has 2 atom stereocenters. The van der Waals surface area contributed by atoms with Crippen molar-refractivity contribution in [1.82, 2.24) is 39.3 Å². The maximum Gasteiger partial charge on any atom is 0.237 e. The molecule has 4 aromatic heterocycles. The number of likely N-dealkylation sites (N-methyl/N-ethyl adjacent to an activating group) is 2. The van der Waals surface area contributed by atoms with Crippen LogP contribution in [0.15, 0.2) is 170 Å². The second kappa shape index (κ2) is 13.8. The molecule has 2 N–H and O–H groups in total. The molecule has 310 valence electrons. The molecule has 8 heteroatoms. The highest BCUT2D eigenvalue weighted by Crippen LogP contribution is 2.49. The standard InChI is InChI=1S/C57H42N8/c1-58-29-49-37-13-5-3-11-35(37)39-21-19-33(23-43(39)49)63-51-17-9-7-15-41(51)45-25-47-48-26-46-42-16-8-10-18-52(42)64(34-20-22-40-36-12-4-6-14-38(36)50(30-59-2)44(40)24-34)54(46)28-56(48)65(55(47)27-53(45)63)57-61-31-60-32-62-57/h3-28,31-32,49-50,58-59H,29-30H2,1-2H3. The van der Waals surface area contributed by atoms with Crippen molar-refractivity contribution in [2.45, 2.75) is 11.8 Å². The van der Waals surface area contributed by atoms with Crippen molar-refractivity contribution in [1.29, 1.82) is 0 Å². The van der Waals surface area contributed by atoms with Crippen molar-refractivity contribution in [3.8, 4) is 39.6 Å². The first-order valence-electron chi connectivity index (χ1n) is 22.5. The fourth-order valence-corrected chi connectivity index (χ4v) is 11.8. The largest absolute Gasteiger partial charge is 0.319 e. The number of para-hydroxylation sites is 2. The number of nitrogens with one attached hydrogen (secondary N) is 2. The smallest absolute Gasteiger partial charge is 0.237 e. The molecule has 8 aromatic carbocycles. The molecule has 0 spiro atoms. The first kappa shape index (κ1) is 36.6. The summed E-state index contributed by atoms with van der Waals surface area (Å²) in [6, 6.07) is 59.0. The lowest BCUT2D eigenvalue weighted by molar-refractivity contribution is 0.719. The van der Waals surface area contributed by atoms with Crippen molar-refractivity contribution in [2.75, 3.05) is 27.2 Å². The van der Waals surface area contributed by atoms with Gasteiger partial charge in [0.1, 0.15) is 12.7 Å². The van der Waals surface area contributed by atoms with Gasteiger partial charge in [-0.05, 0) is 119 Å². The molecule has 0 radical (unpaired) electrons. The molecule has 2 unspecified atom stereocenters. The molecule has 65 heavy (non-hydrogen) atoms. The normalized spacial score (nSPS) is 15.2. The van der Waals surface area contributed by atoms with Gasteiger partial charge in [-0.2, -0.15) is 0 Å². The van der Waals surface area contributed by atoms with Crippen LogP contribution in [0.4, 0.5) is 0 Å². The van der Waals surface area contributed by atoms with Crippen molar-refractivity contribution in [2.24, 2.45) is 0 Å². The number of rotatable bonds is 7. The van der Waals surface area contributed by atoms with Crippen LogP contribution in [0.5, 0.6) is 0 Å². The van der Waals surface area contributed by atoms with Crippen LogP contribution in [-0.4, -0.2) is 55.8 Å². The minimum Gasteiger partial charge on any atom is -0.319 e. The molecule has 2 aliphatic rings. The monoisotopic (exact) mass is 838 g/mol. The Morgan fingerprint density at radius 3 is 1.29 bits per heavy atom. The van der Waals surface area contributed by atoms with E-state index in [0.29, 0.717) is 5.95 Å². The third kappa shape index (κ3) is 5.06. The maximum atomic E-state index is 4.81. The first-order valence-corrected chi connectivity index (χ1v) is 22.5.